The Kier molecular flexibility index (Phi) is 4.81. The third kappa shape index (κ3) is 3.35. The van der Waals surface area contributed by atoms with E-state index in [1.165, 1.54) is 32.1 Å². The highest BCUT2D eigenvalue weighted by Crippen LogP contribution is 2.24. The van der Waals surface area contributed by atoms with Gasteiger partial charge in [0.25, 0.3) is 0 Å². The van der Waals surface area contributed by atoms with Crippen LogP contribution in [0.2, 0.25) is 0 Å². The molecule has 3 nitrogen and oxygen atoms in total. The Labute approximate surface area is 111 Å². The standard InChI is InChI=1S/C15H26N2O/c1-12(2)16-14-10-6-7-11-17(15(14)18)13-8-4-3-5-9-13/h6-7,12-14,16H,3-5,8-11H2,1-2H3/t14-/m0/s1. The molecule has 1 fully saturated rings. The summed E-state index contributed by atoms with van der Waals surface area (Å²) >= 11 is 0. The molecular weight excluding hydrogens is 224 g/mol. The van der Waals surface area contributed by atoms with Crippen molar-refractivity contribution >= 4 is 5.91 Å². The van der Waals surface area contributed by atoms with Crippen molar-refractivity contribution < 1.29 is 4.79 Å². The maximum Gasteiger partial charge on any atom is 0.240 e. The third-order valence-electron chi connectivity index (χ3n) is 3.97. The molecule has 2 aliphatic rings. The molecular formula is C15H26N2O. The van der Waals surface area contributed by atoms with E-state index in [0.717, 1.165) is 13.0 Å². The molecule has 1 aliphatic heterocycles. The number of rotatable bonds is 3. The summed E-state index contributed by atoms with van der Waals surface area (Å²) in [6.45, 7) is 5.01. The molecule has 1 amide bonds. The maximum absolute atomic E-state index is 12.6. The van der Waals surface area contributed by atoms with Crippen LogP contribution < -0.4 is 5.32 Å². The number of amides is 1. The third-order valence-corrected chi connectivity index (χ3v) is 3.97. The van der Waals surface area contributed by atoms with Crippen molar-refractivity contribution in [1.29, 1.82) is 0 Å². The SMILES string of the molecule is CC(C)N[C@H]1CC=CCN(C2CCCCC2)C1=O. The van der Waals surface area contributed by atoms with Gasteiger partial charge in [0.15, 0.2) is 0 Å². The molecule has 0 saturated heterocycles. The Morgan fingerprint density at radius 3 is 2.61 bits per heavy atom. The first-order valence-corrected chi connectivity index (χ1v) is 7.40. The van der Waals surface area contributed by atoms with E-state index < -0.39 is 0 Å². The Hall–Kier alpha value is -0.830. The zero-order valence-electron chi connectivity index (χ0n) is 11.7. The fraction of sp³-hybridized carbons (Fsp3) is 0.800. The lowest BCUT2D eigenvalue weighted by atomic mass is 9.93. The van der Waals surface area contributed by atoms with Gasteiger partial charge in [0.2, 0.25) is 5.91 Å². The molecule has 102 valence electrons. The van der Waals surface area contributed by atoms with Gasteiger partial charge in [-0.05, 0) is 19.3 Å². The monoisotopic (exact) mass is 250 g/mol. The fourth-order valence-electron chi connectivity index (χ4n) is 3.07. The molecule has 1 heterocycles. The predicted molar refractivity (Wildman–Crippen MR) is 74.4 cm³/mol. The minimum atomic E-state index is -0.0225. The quantitative estimate of drug-likeness (QED) is 0.780. The first-order chi connectivity index (χ1) is 8.68. The molecule has 1 N–H and O–H groups in total. The Morgan fingerprint density at radius 2 is 1.94 bits per heavy atom. The molecule has 2 rings (SSSR count). The van der Waals surface area contributed by atoms with Crippen LogP contribution in [0.4, 0.5) is 0 Å². The Balaban J connectivity index is 2.03. The van der Waals surface area contributed by atoms with Crippen LogP contribution in [0.25, 0.3) is 0 Å². The van der Waals surface area contributed by atoms with Gasteiger partial charge in [0.1, 0.15) is 0 Å². The zero-order chi connectivity index (χ0) is 13.0. The van der Waals surface area contributed by atoms with E-state index in [4.69, 9.17) is 0 Å². The van der Waals surface area contributed by atoms with Gasteiger partial charge in [0, 0.05) is 18.6 Å². The summed E-state index contributed by atoms with van der Waals surface area (Å²) in [6.07, 6.45) is 11.4. The second kappa shape index (κ2) is 6.37. The summed E-state index contributed by atoms with van der Waals surface area (Å²) < 4.78 is 0. The lowest BCUT2D eigenvalue weighted by molar-refractivity contribution is -0.135. The maximum atomic E-state index is 12.6. The van der Waals surface area contributed by atoms with E-state index in [1.807, 2.05) is 0 Å². The van der Waals surface area contributed by atoms with Gasteiger partial charge in [0.05, 0.1) is 6.04 Å². The van der Waals surface area contributed by atoms with Crippen LogP contribution in [-0.4, -0.2) is 35.5 Å². The van der Waals surface area contributed by atoms with Crippen LogP contribution in [0, 0.1) is 0 Å². The normalized spacial score (nSPS) is 26.7. The molecule has 1 aliphatic carbocycles. The van der Waals surface area contributed by atoms with Crippen molar-refractivity contribution in [3.63, 3.8) is 0 Å². The van der Waals surface area contributed by atoms with Crippen LogP contribution in [0.15, 0.2) is 12.2 Å². The van der Waals surface area contributed by atoms with Crippen LogP contribution in [0.5, 0.6) is 0 Å². The highest BCUT2D eigenvalue weighted by atomic mass is 16.2. The van der Waals surface area contributed by atoms with Crippen molar-refractivity contribution in [3.8, 4) is 0 Å². The zero-order valence-corrected chi connectivity index (χ0v) is 11.7. The van der Waals surface area contributed by atoms with Gasteiger partial charge in [-0.15, -0.1) is 0 Å². The minimum absolute atomic E-state index is 0.0225. The molecule has 3 heteroatoms. The van der Waals surface area contributed by atoms with Crippen LogP contribution in [0.1, 0.15) is 52.4 Å². The van der Waals surface area contributed by atoms with Crippen molar-refractivity contribution in [2.75, 3.05) is 6.54 Å². The van der Waals surface area contributed by atoms with E-state index in [1.54, 1.807) is 0 Å². The Morgan fingerprint density at radius 1 is 1.22 bits per heavy atom. The minimum Gasteiger partial charge on any atom is -0.335 e. The molecule has 18 heavy (non-hydrogen) atoms. The van der Waals surface area contributed by atoms with Crippen LogP contribution >= 0.6 is 0 Å². The van der Waals surface area contributed by atoms with Gasteiger partial charge in [-0.25, -0.2) is 0 Å². The number of carbonyl (C=O) groups excluding carboxylic acids is 1. The predicted octanol–water partition coefficient (Wildman–Crippen LogP) is 2.47. The number of nitrogens with one attached hydrogen (secondary N) is 1. The molecule has 0 unspecified atom stereocenters. The Bertz CT molecular complexity index is 306. The second-order valence-corrected chi connectivity index (χ2v) is 5.86. The highest BCUT2D eigenvalue weighted by molar-refractivity contribution is 5.83. The second-order valence-electron chi connectivity index (χ2n) is 5.86. The smallest absolute Gasteiger partial charge is 0.240 e. The van der Waals surface area contributed by atoms with E-state index >= 15 is 0 Å². The average Bonchev–Trinajstić information content (AvgIpc) is 2.53. The van der Waals surface area contributed by atoms with Crippen molar-refractivity contribution in [2.24, 2.45) is 0 Å². The molecule has 0 aromatic carbocycles. The van der Waals surface area contributed by atoms with Gasteiger partial charge < -0.3 is 10.2 Å². The van der Waals surface area contributed by atoms with Crippen molar-refractivity contribution in [1.82, 2.24) is 10.2 Å². The first-order valence-electron chi connectivity index (χ1n) is 7.40. The topological polar surface area (TPSA) is 32.3 Å². The average molecular weight is 250 g/mol. The molecule has 1 saturated carbocycles. The number of nitrogens with zero attached hydrogens (tertiary/aromatic N) is 1. The highest BCUT2D eigenvalue weighted by Gasteiger charge is 2.30. The lowest BCUT2D eigenvalue weighted by Gasteiger charge is -2.35. The first kappa shape index (κ1) is 13.6. The molecule has 0 radical (unpaired) electrons. The van der Waals surface area contributed by atoms with E-state index in [0.29, 0.717) is 18.0 Å². The summed E-state index contributed by atoms with van der Waals surface area (Å²) in [5, 5.41) is 3.40. The summed E-state index contributed by atoms with van der Waals surface area (Å²) in [4.78, 5) is 14.7. The van der Waals surface area contributed by atoms with Gasteiger partial charge in [-0.2, -0.15) is 0 Å². The largest absolute Gasteiger partial charge is 0.335 e. The number of hydrogen-bond acceptors (Lipinski definition) is 2. The summed E-state index contributed by atoms with van der Waals surface area (Å²) in [5.74, 6) is 0.306. The summed E-state index contributed by atoms with van der Waals surface area (Å²) in [7, 11) is 0. The van der Waals surface area contributed by atoms with Crippen molar-refractivity contribution in [2.45, 2.75) is 70.5 Å². The molecule has 0 spiro atoms. The van der Waals surface area contributed by atoms with Gasteiger partial charge >= 0.3 is 0 Å². The molecule has 0 aromatic heterocycles. The van der Waals surface area contributed by atoms with Crippen LogP contribution in [0.3, 0.4) is 0 Å². The number of carbonyl (C=O) groups is 1. The van der Waals surface area contributed by atoms with Gasteiger partial charge in [-0.3, -0.25) is 4.79 Å². The van der Waals surface area contributed by atoms with E-state index in [-0.39, 0.29) is 6.04 Å². The lowest BCUT2D eigenvalue weighted by Crippen LogP contribution is -2.51. The summed E-state index contributed by atoms with van der Waals surface area (Å²) in [5.41, 5.74) is 0. The van der Waals surface area contributed by atoms with E-state index in [9.17, 15) is 4.79 Å². The fourth-order valence-corrected chi connectivity index (χ4v) is 3.07. The van der Waals surface area contributed by atoms with E-state index in [2.05, 4.69) is 36.2 Å². The van der Waals surface area contributed by atoms with Crippen LogP contribution in [-0.2, 0) is 4.79 Å². The summed E-state index contributed by atoms with van der Waals surface area (Å²) in [6, 6.07) is 0.815. The number of hydrogen-bond donors (Lipinski definition) is 1. The molecule has 0 aromatic rings. The van der Waals surface area contributed by atoms with Gasteiger partial charge in [-0.1, -0.05) is 45.3 Å². The molecule has 0 bridgehead atoms. The van der Waals surface area contributed by atoms with Crippen molar-refractivity contribution in [3.05, 3.63) is 12.2 Å². The molecule has 1 atom stereocenters.